The van der Waals surface area contributed by atoms with Crippen LogP contribution in [0, 0.1) is 0 Å². The molecule has 0 bridgehead atoms. The Hall–Kier alpha value is -1.44. The van der Waals surface area contributed by atoms with Crippen molar-refractivity contribution in [1.29, 1.82) is 0 Å². The molecule has 3 rings (SSSR count). The number of benzene rings is 1. The molecule has 0 spiro atoms. The summed E-state index contributed by atoms with van der Waals surface area (Å²) < 4.78 is 26.6. The summed E-state index contributed by atoms with van der Waals surface area (Å²) in [5, 5.41) is 9.48. The van der Waals surface area contributed by atoms with Crippen molar-refractivity contribution in [2.45, 2.75) is 30.3 Å². The van der Waals surface area contributed by atoms with Gasteiger partial charge in [0.05, 0.1) is 17.4 Å². The normalized spacial score (nSPS) is 20.9. The third kappa shape index (κ3) is 2.45. The van der Waals surface area contributed by atoms with Gasteiger partial charge in [0.15, 0.2) is 0 Å². The van der Waals surface area contributed by atoms with E-state index < -0.39 is 16.1 Å². The maximum absolute atomic E-state index is 12.6. The Morgan fingerprint density at radius 3 is 2.57 bits per heavy atom. The summed E-state index contributed by atoms with van der Waals surface area (Å²) in [5.74, 6) is -0.0272. The summed E-state index contributed by atoms with van der Waals surface area (Å²) in [7, 11) is -1.86. The van der Waals surface area contributed by atoms with Crippen LogP contribution in [0.25, 0.3) is 0 Å². The molecule has 1 saturated heterocycles. The van der Waals surface area contributed by atoms with Crippen LogP contribution in [0.5, 0.6) is 0 Å². The van der Waals surface area contributed by atoms with Gasteiger partial charge in [0.2, 0.25) is 15.9 Å². The molecular formula is C14H18N2O4S. The van der Waals surface area contributed by atoms with Gasteiger partial charge >= 0.3 is 0 Å². The highest BCUT2D eigenvalue weighted by Crippen LogP contribution is 2.31. The zero-order valence-corrected chi connectivity index (χ0v) is 12.6. The lowest BCUT2D eigenvalue weighted by Gasteiger charge is -2.28. The fraction of sp³-hybridized carbons (Fsp3) is 0.500. The van der Waals surface area contributed by atoms with Crippen LogP contribution in [0.4, 0.5) is 5.69 Å². The van der Waals surface area contributed by atoms with Crippen LogP contribution in [-0.4, -0.2) is 50.0 Å². The highest BCUT2D eigenvalue weighted by Gasteiger charge is 2.31. The van der Waals surface area contributed by atoms with Crippen LogP contribution in [0.2, 0.25) is 0 Å². The number of aliphatic hydroxyl groups excluding tert-OH is 1. The summed E-state index contributed by atoms with van der Waals surface area (Å²) in [5.41, 5.74) is 1.52. The molecule has 0 unspecified atom stereocenters. The topological polar surface area (TPSA) is 77.9 Å². The van der Waals surface area contributed by atoms with Crippen molar-refractivity contribution >= 4 is 21.6 Å². The molecule has 6 nitrogen and oxygen atoms in total. The number of sulfonamides is 1. The number of likely N-dealkylation sites (N-methyl/N-ethyl adjacent to an activating group) is 1. The van der Waals surface area contributed by atoms with E-state index >= 15 is 0 Å². The summed E-state index contributed by atoms with van der Waals surface area (Å²) >= 11 is 0. The van der Waals surface area contributed by atoms with Crippen molar-refractivity contribution in [1.82, 2.24) is 4.31 Å². The van der Waals surface area contributed by atoms with Gasteiger partial charge in [0.1, 0.15) is 0 Å². The number of anilines is 1. The van der Waals surface area contributed by atoms with Gasteiger partial charge < -0.3 is 10.0 Å². The molecule has 1 N–H and O–H groups in total. The minimum Gasteiger partial charge on any atom is -0.393 e. The van der Waals surface area contributed by atoms with Gasteiger partial charge in [-0.05, 0) is 36.6 Å². The quantitative estimate of drug-likeness (QED) is 0.855. The molecule has 0 atom stereocenters. The molecule has 0 radical (unpaired) electrons. The van der Waals surface area contributed by atoms with E-state index in [2.05, 4.69) is 0 Å². The number of nitrogens with zero attached hydrogens (tertiary/aromatic N) is 2. The number of aliphatic hydroxyl groups is 1. The van der Waals surface area contributed by atoms with Crippen molar-refractivity contribution in [3.63, 3.8) is 0 Å². The van der Waals surface area contributed by atoms with E-state index in [1.165, 1.54) is 4.31 Å². The van der Waals surface area contributed by atoms with E-state index in [1.54, 1.807) is 30.1 Å². The van der Waals surface area contributed by atoms with E-state index in [4.69, 9.17) is 0 Å². The molecule has 21 heavy (non-hydrogen) atoms. The lowest BCUT2D eigenvalue weighted by atomic mass is 10.1. The van der Waals surface area contributed by atoms with E-state index in [9.17, 15) is 18.3 Å². The summed E-state index contributed by atoms with van der Waals surface area (Å²) in [6.45, 7) is 0.666. The van der Waals surface area contributed by atoms with E-state index in [0.717, 1.165) is 11.3 Å². The molecule has 114 valence electrons. The van der Waals surface area contributed by atoms with Crippen LogP contribution in [0.15, 0.2) is 23.1 Å². The van der Waals surface area contributed by atoms with Crippen molar-refractivity contribution in [3.05, 3.63) is 23.8 Å². The van der Waals surface area contributed by atoms with E-state index in [1.807, 2.05) is 0 Å². The Bertz CT molecular complexity index is 678. The predicted octanol–water partition coefficient (Wildman–Crippen LogP) is 0.351. The second-order valence-electron chi connectivity index (χ2n) is 5.56. The minimum absolute atomic E-state index is 0.0272. The summed E-state index contributed by atoms with van der Waals surface area (Å²) in [6.07, 6.45) is 0.757. The van der Waals surface area contributed by atoms with Gasteiger partial charge in [-0.3, -0.25) is 4.79 Å². The van der Waals surface area contributed by atoms with Gasteiger partial charge in [0.25, 0.3) is 0 Å². The number of carbonyl (C=O) groups is 1. The Morgan fingerprint density at radius 2 is 1.90 bits per heavy atom. The summed E-state index contributed by atoms with van der Waals surface area (Å²) in [4.78, 5) is 13.4. The lowest BCUT2D eigenvalue weighted by Crippen LogP contribution is -2.40. The first-order chi connectivity index (χ1) is 9.89. The molecule has 1 fully saturated rings. The average Bonchev–Trinajstić information content (AvgIpc) is 2.74. The number of fused-ring (bicyclic) bond motifs is 1. The number of hydrogen-bond acceptors (Lipinski definition) is 4. The number of rotatable bonds is 2. The van der Waals surface area contributed by atoms with Crippen LogP contribution in [0.3, 0.4) is 0 Å². The summed E-state index contributed by atoms with van der Waals surface area (Å²) in [6, 6.07) is 4.83. The average molecular weight is 310 g/mol. The first-order valence-corrected chi connectivity index (χ1v) is 8.41. The van der Waals surface area contributed by atoms with Gasteiger partial charge in [-0.25, -0.2) is 8.42 Å². The Balaban J connectivity index is 1.91. The van der Waals surface area contributed by atoms with Gasteiger partial charge in [-0.1, -0.05) is 0 Å². The minimum atomic E-state index is -3.55. The number of piperidine rings is 1. The third-order valence-electron chi connectivity index (χ3n) is 4.19. The zero-order chi connectivity index (χ0) is 15.2. The number of carbonyl (C=O) groups excluding carboxylic acids is 1. The molecule has 0 aromatic heterocycles. The standard InChI is InChI=1S/C14H18N2O4S/c1-15-13-3-2-12(8-10(13)9-14(15)18)21(19,20)16-6-4-11(17)5-7-16/h2-3,8,11,17H,4-7,9H2,1H3. The second kappa shape index (κ2) is 5.08. The van der Waals surface area contributed by atoms with Crippen LogP contribution in [0.1, 0.15) is 18.4 Å². The first-order valence-electron chi connectivity index (χ1n) is 6.97. The SMILES string of the molecule is CN1C(=O)Cc2cc(S(=O)(=O)N3CCC(O)CC3)ccc21. The molecular weight excluding hydrogens is 292 g/mol. The van der Waals surface area contributed by atoms with Crippen molar-refractivity contribution in [2.75, 3.05) is 25.0 Å². The second-order valence-corrected chi connectivity index (χ2v) is 7.49. The number of amides is 1. The highest BCUT2D eigenvalue weighted by atomic mass is 32.2. The molecule has 0 aliphatic carbocycles. The van der Waals surface area contributed by atoms with Crippen molar-refractivity contribution in [2.24, 2.45) is 0 Å². The number of hydrogen-bond donors (Lipinski definition) is 1. The lowest BCUT2D eigenvalue weighted by molar-refractivity contribution is -0.117. The van der Waals surface area contributed by atoms with E-state index in [-0.39, 0.29) is 17.2 Å². The monoisotopic (exact) mass is 310 g/mol. The largest absolute Gasteiger partial charge is 0.393 e. The van der Waals surface area contributed by atoms with E-state index in [0.29, 0.717) is 25.9 Å². The van der Waals surface area contributed by atoms with Gasteiger partial charge in [0, 0.05) is 25.8 Å². The maximum Gasteiger partial charge on any atom is 0.243 e. The van der Waals surface area contributed by atoms with Gasteiger partial charge in [-0.2, -0.15) is 4.31 Å². The predicted molar refractivity (Wildman–Crippen MR) is 77.6 cm³/mol. The highest BCUT2D eigenvalue weighted by molar-refractivity contribution is 7.89. The molecule has 1 aromatic carbocycles. The maximum atomic E-state index is 12.6. The smallest absolute Gasteiger partial charge is 0.243 e. The van der Waals surface area contributed by atoms with Gasteiger partial charge in [-0.15, -0.1) is 0 Å². The van der Waals surface area contributed by atoms with Crippen LogP contribution in [-0.2, 0) is 21.2 Å². The molecule has 2 aliphatic rings. The molecule has 1 aromatic rings. The molecule has 1 amide bonds. The van der Waals surface area contributed by atoms with Crippen LogP contribution >= 0.6 is 0 Å². The Kier molecular flexibility index (Phi) is 3.51. The third-order valence-corrected chi connectivity index (χ3v) is 6.08. The Morgan fingerprint density at radius 1 is 1.24 bits per heavy atom. The fourth-order valence-corrected chi connectivity index (χ4v) is 4.36. The molecule has 2 heterocycles. The van der Waals surface area contributed by atoms with Crippen LogP contribution < -0.4 is 4.90 Å². The Labute approximate surface area is 124 Å². The molecule has 7 heteroatoms. The first kappa shape index (κ1) is 14.5. The van der Waals surface area contributed by atoms with Crippen molar-refractivity contribution < 1.29 is 18.3 Å². The van der Waals surface area contributed by atoms with Crippen molar-refractivity contribution in [3.8, 4) is 0 Å². The zero-order valence-electron chi connectivity index (χ0n) is 11.8. The molecule has 0 saturated carbocycles. The molecule has 2 aliphatic heterocycles. The fourth-order valence-electron chi connectivity index (χ4n) is 2.84.